The zero-order valence-corrected chi connectivity index (χ0v) is 18.4. The number of hydrogen-bond acceptors (Lipinski definition) is 5. The largest absolute Gasteiger partial charge is 0.445 e. The van der Waals surface area contributed by atoms with Gasteiger partial charge in [-0.25, -0.2) is 4.79 Å². The van der Waals surface area contributed by atoms with Gasteiger partial charge in [0.05, 0.1) is 6.04 Å². The minimum atomic E-state index is -0.644. The maximum Gasteiger partial charge on any atom is 0.408 e. The number of nitrogens with zero attached hydrogens (tertiary/aromatic N) is 1. The van der Waals surface area contributed by atoms with E-state index >= 15 is 0 Å². The van der Waals surface area contributed by atoms with Crippen molar-refractivity contribution in [2.45, 2.75) is 39.0 Å². The SMILES string of the molecule is CC[C@H](C)[C@H](NC(=O)OCc1ccccc1)C(=O)NCC(c1cccs1)N(C)C. The van der Waals surface area contributed by atoms with Gasteiger partial charge in [-0.2, -0.15) is 0 Å². The van der Waals surface area contributed by atoms with Gasteiger partial charge >= 0.3 is 6.09 Å². The summed E-state index contributed by atoms with van der Waals surface area (Å²) in [4.78, 5) is 28.4. The van der Waals surface area contributed by atoms with Crippen LogP contribution in [0.3, 0.4) is 0 Å². The van der Waals surface area contributed by atoms with Gasteiger partial charge in [0.1, 0.15) is 12.6 Å². The lowest BCUT2D eigenvalue weighted by Gasteiger charge is -2.27. The summed E-state index contributed by atoms with van der Waals surface area (Å²) in [5, 5.41) is 7.77. The predicted octanol–water partition coefficient (Wildman–Crippen LogP) is 3.81. The number of nitrogens with one attached hydrogen (secondary N) is 2. The van der Waals surface area contributed by atoms with E-state index in [2.05, 4.69) is 21.6 Å². The zero-order chi connectivity index (χ0) is 21.2. The number of hydrogen-bond donors (Lipinski definition) is 2. The van der Waals surface area contributed by atoms with Gasteiger partial charge in [-0.3, -0.25) is 4.79 Å². The number of carbonyl (C=O) groups is 2. The van der Waals surface area contributed by atoms with Crippen LogP contribution < -0.4 is 10.6 Å². The highest BCUT2D eigenvalue weighted by Gasteiger charge is 2.27. The van der Waals surface area contributed by atoms with Crippen LogP contribution in [0.15, 0.2) is 47.8 Å². The lowest BCUT2D eigenvalue weighted by atomic mass is 9.98. The number of benzene rings is 1. The Labute approximate surface area is 177 Å². The molecule has 1 unspecified atom stereocenters. The van der Waals surface area contributed by atoms with E-state index in [1.807, 2.05) is 69.7 Å². The fourth-order valence-electron chi connectivity index (χ4n) is 2.92. The Morgan fingerprint density at radius 3 is 2.45 bits per heavy atom. The van der Waals surface area contributed by atoms with Crippen LogP contribution in [-0.4, -0.2) is 43.6 Å². The maximum absolute atomic E-state index is 12.9. The Morgan fingerprint density at radius 2 is 1.86 bits per heavy atom. The molecule has 0 aliphatic carbocycles. The second kappa shape index (κ2) is 11.6. The van der Waals surface area contributed by atoms with Gasteiger partial charge in [-0.15, -0.1) is 11.3 Å². The first-order valence-electron chi connectivity index (χ1n) is 9.87. The molecular formula is C22H31N3O3S. The van der Waals surface area contributed by atoms with Gasteiger partial charge in [0.25, 0.3) is 0 Å². The molecule has 158 valence electrons. The van der Waals surface area contributed by atoms with Crippen LogP contribution in [0, 0.1) is 5.92 Å². The molecule has 6 nitrogen and oxygen atoms in total. The quantitative estimate of drug-likeness (QED) is 0.617. The van der Waals surface area contributed by atoms with E-state index in [0.29, 0.717) is 6.54 Å². The van der Waals surface area contributed by atoms with Crippen LogP contribution in [0.4, 0.5) is 4.79 Å². The molecule has 0 saturated heterocycles. The molecule has 0 saturated carbocycles. The summed E-state index contributed by atoms with van der Waals surface area (Å²) in [5.41, 5.74) is 0.900. The van der Waals surface area contributed by atoms with E-state index < -0.39 is 12.1 Å². The average molecular weight is 418 g/mol. The summed E-state index contributed by atoms with van der Waals surface area (Å²) in [7, 11) is 3.98. The van der Waals surface area contributed by atoms with E-state index in [9.17, 15) is 9.59 Å². The van der Waals surface area contributed by atoms with Gasteiger partial charge < -0.3 is 20.3 Å². The normalized spacial score (nSPS) is 14.1. The molecule has 3 atom stereocenters. The van der Waals surface area contributed by atoms with Crippen LogP contribution in [0.1, 0.15) is 36.8 Å². The highest BCUT2D eigenvalue weighted by atomic mass is 32.1. The molecule has 0 radical (unpaired) electrons. The Hall–Kier alpha value is -2.38. The number of likely N-dealkylation sites (N-methyl/N-ethyl adjacent to an activating group) is 1. The zero-order valence-electron chi connectivity index (χ0n) is 17.6. The maximum atomic E-state index is 12.9. The van der Waals surface area contributed by atoms with E-state index in [4.69, 9.17) is 4.74 Å². The summed E-state index contributed by atoms with van der Waals surface area (Å²) >= 11 is 1.66. The standard InChI is InChI=1S/C22H31N3O3S/c1-5-16(2)20(24-22(27)28-15-17-10-7-6-8-11-17)21(26)23-14-18(25(3)4)19-12-9-13-29-19/h6-13,16,18,20H,5,14-15H2,1-4H3,(H,23,26)(H,24,27)/t16-,18?,20-/m0/s1. The van der Waals surface area contributed by atoms with Gasteiger partial charge in [0.15, 0.2) is 0 Å². The first-order chi connectivity index (χ1) is 13.9. The topological polar surface area (TPSA) is 70.7 Å². The first-order valence-corrected chi connectivity index (χ1v) is 10.7. The van der Waals surface area contributed by atoms with Gasteiger partial charge in [-0.05, 0) is 37.0 Å². The molecule has 7 heteroatoms. The molecule has 1 aromatic heterocycles. The third kappa shape index (κ3) is 7.18. The summed E-state index contributed by atoms with van der Waals surface area (Å²) in [6, 6.07) is 13.0. The van der Waals surface area contributed by atoms with Crippen molar-refractivity contribution in [3.05, 3.63) is 58.3 Å². The Morgan fingerprint density at radius 1 is 1.14 bits per heavy atom. The third-order valence-electron chi connectivity index (χ3n) is 4.95. The molecule has 2 aromatic rings. The fourth-order valence-corrected chi connectivity index (χ4v) is 3.84. The minimum absolute atomic E-state index is 0.0150. The third-order valence-corrected chi connectivity index (χ3v) is 5.92. The molecular weight excluding hydrogens is 386 g/mol. The molecule has 0 spiro atoms. The van der Waals surface area contributed by atoms with Crippen molar-refractivity contribution in [1.29, 1.82) is 0 Å². The predicted molar refractivity (Wildman–Crippen MR) is 117 cm³/mol. The number of alkyl carbamates (subject to hydrolysis) is 1. The molecule has 1 heterocycles. The summed E-state index contributed by atoms with van der Waals surface area (Å²) in [6.07, 6.45) is 0.177. The number of thiophene rings is 1. The van der Waals surface area contributed by atoms with Crippen molar-refractivity contribution in [2.24, 2.45) is 5.92 Å². The van der Waals surface area contributed by atoms with Crippen molar-refractivity contribution in [1.82, 2.24) is 15.5 Å². The molecule has 0 bridgehead atoms. The second-order valence-electron chi connectivity index (χ2n) is 7.31. The summed E-state index contributed by atoms with van der Waals surface area (Å²) in [6.45, 7) is 4.59. The van der Waals surface area contributed by atoms with Crippen LogP contribution >= 0.6 is 11.3 Å². The van der Waals surface area contributed by atoms with Crippen molar-refractivity contribution < 1.29 is 14.3 Å². The highest BCUT2D eigenvalue weighted by Crippen LogP contribution is 2.22. The monoisotopic (exact) mass is 417 g/mol. The minimum Gasteiger partial charge on any atom is -0.445 e. The van der Waals surface area contributed by atoms with Crippen molar-refractivity contribution in [2.75, 3.05) is 20.6 Å². The number of carbonyl (C=O) groups excluding carboxylic acids is 2. The molecule has 0 fully saturated rings. The van der Waals surface area contributed by atoms with Crippen LogP contribution in [0.2, 0.25) is 0 Å². The number of amides is 2. The molecule has 2 rings (SSSR count). The lowest BCUT2D eigenvalue weighted by molar-refractivity contribution is -0.124. The molecule has 0 aliphatic heterocycles. The number of ether oxygens (including phenoxy) is 1. The van der Waals surface area contributed by atoms with Gasteiger partial charge in [-0.1, -0.05) is 56.7 Å². The molecule has 1 aromatic carbocycles. The molecule has 29 heavy (non-hydrogen) atoms. The van der Waals surface area contributed by atoms with Gasteiger partial charge in [0, 0.05) is 11.4 Å². The Kier molecular flexibility index (Phi) is 9.15. The molecule has 0 aliphatic rings. The van der Waals surface area contributed by atoms with Crippen LogP contribution in [0.5, 0.6) is 0 Å². The summed E-state index contributed by atoms with van der Waals surface area (Å²) < 4.78 is 5.29. The first kappa shape index (κ1) is 22.9. The van der Waals surface area contributed by atoms with E-state index in [1.165, 1.54) is 4.88 Å². The van der Waals surface area contributed by atoms with Crippen molar-refractivity contribution in [3.8, 4) is 0 Å². The fraction of sp³-hybridized carbons (Fsp3) is 0.455. The van der Waals surface area contributed by atoms with Crippen molar-refractivity contribution in [3.63, 3.8) is 0 Å². The molecule has 2 N–H and O–H groups in total. The van der Waals surface area contributed by atoms with Crippen LogP contribution in [-0.2, 0) is 16.1 Å². The van der Waals surface area contributed by atoms with Crippen molar-refractivity contribution >= 4 is 23.3 Å². The number of rotatable bonds is 10. The van der Waals surface area contributed by atoms with E-state index in [-0.39, 0.29) is 24.5 Å². The van der Waals surface area contributed by atoms with E-state index in [0.717, 1.165) is 12.0 Å². The highest BCUT2D eigenvalue weighted by molar-refractivity contribution is 7.10. The smallest absolute Gasteiger partial charge is 0.408 e. The summed E-state index contributed by atoms with van der Waals surface area (Å²) in [5.74, 6) is -0.210. The molecule has 2 amide bonds. The van der Waals surface area contributed by atoms with E-state index in [1.54, 1.807) is 11.3 Å². The Balaban J connectivity index is 1.93. The average Bonchev–Trinajstić information content (AvgIpc) is 3.24. The Bertz CT molecular complexity index is 750. The van der Waals surface area contributed by atoms with Crippen LogP contribution in [0.25, 0.3) is 0 Å². The second-order valence-corrected chi connectivity index (χ2v) is 8.29. The lowest BCUT2D eigenvalue weighted by Crippen LogP contribution is -2.51. The van der Waals surface area contributed by atoms with Gasteiger partial charge in [0.2, 0.25) is 5.91 Å².